The standard InChI is InChI=1S/C22H26N4O2/c1-24-16-20(19-15-18(28-2)6-7-21(19)24)22(27)26-13-11-25(12-14-26)10-8-17-5-3-4-9-23-17/h3-7,9,15-16H,8,10-14H2,1-2H3. The summed E-state index contributed by atoms with van der Waals surface area (Å²) < 4.78 is 7.35. The van der Waals surface area contributed by atoms with E-state index in [1.54, 1.807) is 7.11 Å². The van der Waals surface area contributed by atoms with Gasteiger partial charge in [0.2, 0.25) is 0 Å². The Morgan fingerprint density at radius 1 is 1.14 bits per heavy atom. The smallest absolute Gasteiger partial charge is 0.256 e. The monoisotopic (exact) mass is 378 g/mol. The van der Waals surface area contributed by atoms with Gasteiger partial charge in [-0.2, -0.15) is 0 Å². The van der Waals surface area contributed by atoms with Crippen LogP contribution in [-0.4, -0.2) is 65.1 Å². The number of pyridine rings is 1. The summed E-state index contributed by atoms with van der Waals surface area (Å²) >= 11 is 0. The van der Waals surface area contributed by atoms with E-state index in [9.17, 15) is 4.79 Å². The maximum atomic E-state index is 13.2. The molecule has 2 aromatic heterocycles. The second kappa shape index (κ2) is 8.02. The molecule has 1 aliphatic rings. The van der Waals surface area contributed by atoms with Gasteiger partial charge in [0.1, 0.15) is 5.75 Å². The lowest BCUT2D eigenvalue weighted by Gasteiger charge is -2.34. The zero-order valence-corrected chi connectivity index (χ0v) is 16.5. The van der Waals surface area contributed by atoms with Crippen LogP contribution >= 0.6 is 0 Å². The number of ether oxygens (including phenoxy) is 1. The van der Waals surface area contributed by atoms with Gasteiger partial charge in [-0.25, -0.2) is 0 Å². The minimum atomic E-state index is 0.100. The van der Waals surface area contributed by atoms with Crippen LogP contribution in [0.2, 0.25) is 0 Å². The Morgan fingerprint density at radius 2 is 1.96 bits per heavy atom. The molecule has 0 unspecified atom stereocenters. The van der Waals surface area contributed by atoms with E-state index in [2.05, 4.69) is 16.0 Å². The fraction of sp³-hybridized carbons (Fsp3) is 0.364. The summed E-state index contributed by atoms with van der Waals surface area (Å²) in [5, 5.41) is 0.949. The quantitative estimate of drug-likeness (QED) is 0.685. The highest BCUT2D eigenvalue weighted by Crippen LogP contribution is 2.26. The zero-order chi connectivity index (χ0) is 19.5. The van der Waals surface area contributed by atoms with Gasteiger partial charge in [-0.15, -0.1) is 0 Å². The van der Waals surface area contributed by atoms with Crippen molar-refractivity contribution in [3.8, 4) is 5.75 Å². The van der Waals surface area contributed by atoms with Crippen LogP contribution in [0.3, 0.4) is 0 Å². The van der Waals surface area contributed by atoms with Gasteiger partial charge in [0.25, 0.3) is 5.91 Å². The molecule has 146 valence electrons. The molecule has 1 saturated heterocycles. The Morgan fingerprint density at radius 3 is 2.68 bits per heavy atom. The van der Waals surface area contributed by atoms with Crippen LogP contribution in [0, 0.1) is 0 Å². The Labute approximate surface area is 165 Å². The number of fused-ring (bicyclic) bond motifs is 1. The van der Waals surface area contributed by atoms with Gasteiger partial charge in [0.15, 0.2) is 0 Å². The van der Waals surface area contributed by atoms with Crippen LogP contribution < -0.4 is 4.74 Å². The number of carbonyl (C=O) groups excluding carboxylic acids is 1. The molecule has 0 spiro atoms. The SMILES string of the molecule is COc1ccc2c(c1)c(C(=O)N1CCN(CCc3ccccn3)CC1)cn2C. The molecular formula is C22H26N4O2. The number of amides is 1. The number of carbonyl (C=O) groups is 1. The van der Waals surface area contributed by atoms with E-state index in [0.717, 1.165) is 67.1 Å². The minimum absolute atomic E-state index is 0.100. The van der Waals surface area contributed by atoms with Crippen LogP contribution in [0.1, 0.15) is 16.1 Å². The van der Waals surface area contributed by atoms with E-state index in [0.29, 0.717) is 0 Å². The molecule has 3 heterocycles. The predicted molar refractivity (Wildman–Crippen MR) is 110 cm³/mol. The lowest BCUT2D eigenvalue weighted by molar-refractivity contribution is 0.0640. The number of hydrogen-bond donors (Lipinski definition) is 0. The summed E-state index contributed by atoms with van der Waals surface area (Å²) in [5.41, 5.74) is 2.90. The van der Waals surface area contributed by atoms with Crippen molar-refractivity contribution in [2.45, 2.75) is 6.42 Å². The van der Waals surface area contributed by atoms with E-state index in [1.165, 1.54) is 0 Å². The van der Waals surface area contributed by atoms with Crippen molar-refractivity contribution in [1.29, 1.82) is 0 Å². The molecule has 4 rings (SSSR count). The van der Waals surface area contributed by atoms with E-state index in [-0.39, 0.29) is 5.91 Å². The lowest BCUT2D eigenvalue weighted by Crippen LogP contribution is -2.49. The molecule has 28 heavy (non-hydrogen) atoms. The van der Waals surface area contributed by atoms with E-state index >= 15 is 0 Å². The van der Waals surface area contributed by atoms with Crippen LogP contribution in [0.25, 0.3) is 10.9 Å². The first-order chi connectivity index (χ1) is 13.7. The van der Waals surface area contributed by atoms with Gasteiger partial charge in [-0.05, 0) is 30.3 Å². The van der Waals surface area contributed by atoms with Crippen molar-refractivity contribution in [1.82, 2.24) is 19.4 Å². The number of nitrogens with zero attached hydrogens (tertiary/aromatic N) is 4. The molecule has 3 aromatic rings. The zero-order valence-electron chi connectivity index (χ0n) is 16.5. The number of aryl methyl sites for hydroxylation is 1. The third-order valence-corrected chi connectivity index (χ3v) is 5.50. The molecule has 6 heteroatoms. The van der Waals surface area contributed by atoms with Gasteiger partial charge < -0.3 is 14.2 Å². The van der Waals surface area contributed by atoms with E-state index in [4.69, 9.17) is 4.74 Å². The molecule has 6 nitrogen and oxygen atoms in total. The van der Waals surface area contributed by atoms with Crippen LogP contribution in [0.5, 0.6) is 5.75 Å². The molecule has 1 amide bonds. The van der Waals surface area contributed by atoms with Crippen molar-refractivity contribution in [2.24, 2.45) is 7.05 Å². The first kappa shape index (κ1) is 18.5. The predicted octanol–water partition coefficient (Wildman–Crippen LogP) is 2.58. The van der Waals surface area contributed by atoms with Gasteiger partial charge in [0.05, 0.1) is 12.7 Å². The molecule has 0 radical (unpaired) electrons. The molecule has 1 fully saturated rings. The Balaban J connectivity index is 1.41. The third kappa shape index (κ3) is 3.73. The van der Waals surface area contributed by atoms with Gasteiger partial charge >= 0.3 is 0 Å². The van der Waals surface area contributed by atoms with Gasteiger partial charge in [-0.1, -0.05) is 6.07 Å². The summed E-state index contributed by atoms with van der Waals surface area (Å²) in [5.74, 6) is 0.871. The largest absolute Gasteiger partial charge is 0.497 e. The van der Waals surface area contributed by atoms with E-state index in [1.807, 2.05) is 59.2 Å². The van der Waals surface area contributed by atoms with Crippen molar-refractivity contribution < 1.29 is 9.53 Å². The van der Waals surface area contributed by atoms with Crippen LogP contribution in [0.4, 0.5) is 0 Å². The third-order valence-electron chi connectivity index (χ3n) is 5.50. The van der Waals surface area contributed by atoms with Crippen molar-refractivity contribution in [3.05, 3.63) is 60.0 Å². The maximum absolute atomic E-state index is 13.2. The number of rotatable bonds is 5. The van der Waals surface area contributed by atoms with Crippen LogP contribution in [-0.2, 0) is 13.5 Å². The second-order valence-electron chi connectivity index (χ2n) is 7.24. The van der Waals surface area contributed by atoms with Gasteiger partial charge in [0, 0.05) is 75.2 Å². The second-order valence-corrected chi connectivity index (χ2v) is 7.24. The van der Waals surface area contributed by atoms with Gasteiger partial charge in [-0.3, -0.25) is 14.7 Å². The number of benzene rings is 1. The summed E-state index contributed by atoms with van der Waals surface area (Å²) in [4.78, 5) is 21.9. The first-order valence-corrected chi connectivity index (χ1v) is 9.70. The maximum Gasteiger partial charge on any atom is 0.256 e. The summed E-state index contributed by atoms with van der Waals surface area (Å²) in [6.45, 7) is 4.27. The average molecular weight is 378 g/mol. The fourth-order valence-electron chi connectivity index (χ4n) is 3.83. The molecule has 0 saturated carbocycles. The minimum Gasteiger partial charge on any atom is -0.497 e. The normalized spacial score (nSPS) is 15.1. The summed E-state index contributed by atoms with van der Waals surface area (Å²) in [7, 11) is 3.62. The molecular weight excluding hydrogens is 352 g/mol. The van der Waals surface area contributed by atoms with E-state index < -0.39 is 0 Å². The molecule has 0 N–H and O–H groups in total. The Bertz CT molecular complexity index is 959. The number of piperazine rings is 1. The molecule has 1 aliphatic heterocycles. The summed E-state index contributed by atoms with van der Waals surface area (Å²) in [6, 6.07) is 11.9. The molecule has 1 aromatic carbocycles. The lowest BCUT2D eigenvalue weighted by atomic mass is 10.1. The first-order valence-electron chi connectivity index (χ1n) is 9.70. The van der Waals surface area contributed by atoms with Crippen LogP contribution in [0.15, 0.2) is 48.8 Å². The molecule has 0 aliphatic carbocycles. The number of methoxy groups -OCH3 is 1. The fourth-order valence-corrected chi connectivity index (χ4v) is 3.83. The highest BCUT2D eigenvalue weighted by atomic mass is 16.5. The average Bonchev–Trinajstić information content (AvgIpc) is 3.08. The van der Waals surface area contributed by atoms with Crippen molar-refractivity contribution in [3.63, 3.8) is 0 Å². The number of hydrogen-bond acceptors (Lipinski definition) is 4. The Hall–Kier alpha value is -2.86. The molecule has 0 atom stereocenters. The topological polar surface area (TPSA) is 50.6 Å². The number of aromatic nitrogens is 2. The van der Waals surface area contributed by atoms with Crippen molar-refractivity contribution in [2.75, 3.05) is 39.8 Å². The summed E-state index contributed by atoms with van der Waals surface area (Å²) in [6.07, 6.45) is 4.71. The van der Waals surface area contributed by atoms with Crippen molar-refractivity contribution >= 4 is 16.8 Å². The highest BCUT2D eigenvalue weighted by molar-refractivity contribution is 6.07. The Kier molecular flexibility index (Phi) is 5.30. The molecule has 0 bridgehead atoms. The highest BCUT2D eigenvalue weighted by Gasteiger charge is 2.24.